The van der Waals surface area contributed by atoms with Crippen LogP contribution >= 0.6 is 0 Å². The van der Waals surface area contributed by atoms with Crippen LogP contribution in [0.15, 0.2) is 28.3 Å². The van der Waals surface area contributed by atoms with Gasteiger partial charge in [0.25, 0.3) is 5.91 Å². The molecule has 0 aliphatic carbocycles. The molecule has 2 heterocycles. The second-order valence-electron chi connectivity index (χ2n) is 7.62. The maximum Gasteiger partial charge on any atom is 0.270 e. The van der Waals surface area contributed by atoms with Gasteiger partial charge in [-0.1, -0.05) is 0 Å². The number of methoxy groups -OCH3 is 1. The molecule has 0 bridgehead atoms. The normalized spacial score (nSPS) is 13.4. The third kappa shape index (κ3) is 6.22. The molecule has 13 heteroatoms. The fourth-order valence-electron chi connectivity index (χ4n) is 2.75. The van der Waals surface area contributed by atoms with Crippen molar-refractivity contribution in [2.45, 2.75) is 33.4 Å². The van der Waals surface area contributed by atoms with Crippen LogP contribution in [0.3, 0.4) is 0 Å². The number of sulfonamides is 1. The lowest BCUT2D eigenvalue weighted by Crippen LogP contribution is -2.29. The lowest BCUT2D eigenvalue weighted by molar-refractivity contribution is 0.0978. The smallest absolute Gasteiger partial charge is 0.270 e. The van der Waals surface area contributed by atoms with Crippen molar-refractivity contribution in [3.05, 3.63) is 40.8 Å². The topological polar surface area (TPSA) is 154 Å². The molecule has 0 spiro atoms. The Morgan fingerprint density at radius 3 is 2.48 bits per heavy atom. The average Bonchev–Trinajstić information content (AvgIpc) is 3.11. The van der Waals surface area contributed by atoms with Gasteiger partial charge in [-0.15, -0.1) is 0 Å². The zero-order valence-electron chi connectivity index (χ0n) is 19.2. The highest BCUT2D eigenvalue weighted by Gasteiger charge is 2.25. The third-order valence-corrected chi connectivity index (χ3v) is 4.97. The van der Waals surface area contributed by atoms with Gasteiger partial charge in [0.2, 0.25) is 21.9 Å². The number of aromatic nitrogens is 3. The highest BCUT2D eigenvalue weighted by atomic mass is 32.2. The zero-order chi connectivity index (χ0) is 25.1. The summed E-state index contributed by atoms with van der Waals surface area (Å²) in [6, 6.07) is 2.95. The van der Waals surface area contributed by atoms with Gasteiger partial charge in [0.15, 0.2) is 5.82 Å². The summed E-state index contributed by atoms with van der Waals surface area (Å²) in [7, 11) is -2.53. The Morgan fingerprint density at radius 2 is 2.00 bits per heavy atom. The molecule has 0 fully saturated rings. The Hall–Kier alpha value is -3.61. The number of carbonyl (C=O) groups excluding carboxylic acids is 1. The number of ether oxygens (including phenoxy) is 1. The van der Waals surface area contributed by atoms with Crippen molar-refractivity contribution in [1.82, 2.24) is 19.5 Å². The van der Waals surface area contributed by atoms with E-state index in [-0.39, 0.29) is 28.9 Å². The molecule has 0 atom stereocenters. The van der Waals surface area contributed by atoms with Crippen LogP contribution in [0.2, 0.25) is 0 Å². The van der Waals surface area contributed by atoms with Gasteiger partial charge < -0.3 is 10.5 Å². The van der Waals surface area contributed by atoms with Crippen molar-refractivity contribution < 1.29 is 22.3 Å². The Balaban J connectivity index is 2.77. The van der Waals surface area contributed by atoms with Crippen molar-refractivity contribution in [2.24, 2.45) is 15.7 Å². The number of nitrogens with one attached hydrogen (secondary N) is 1. The molecule has 33 heavy (non-hydrogen) atoms. The van der Waals surface area contributed by atoms with Crippen LogP contribution in [0, 0.1) is 6.92 Å². The minimum atomic E-state index is -3.83. The maximum absolute atomic E-state index is 14.5. The van der Waals surface area contributed by atoms with Crippen LogP contribution in [-0.4, -0.2) is 55.1 Å². The van der Waals surface area contributed by atoms with E-state index in [0.29, 0.717) is 16.8 Å². The van der Waals surface area contributed by atoms with E-state index in [9.17, 15) is 17.6 Å². The first-order valence-corrected chi connectivity index (χ1v) is 11.4. The molecule has 178 valence electrons. The van der Waals surface area contributed by atoms with E-state index in [2.05, 4.69) is 26.8 Å². The molecule has 2 rings (SSSR count). The fraction of sp³-hybridized carbons (Fsp3) is 0.350. The quantitative estimate of drug-likeness (QED) is 0.454. The number of hydrogen-bond acceptors (Lipinski definition) is 7. The number of amides is 1. The number of alkyl halides is 1. The van der Waals surface area contributed by atoms with E-state index < -0.39 is 21.6 Å². The highest BCUT2D eigenvalue weighted by molar-refractivity contribution is 7.89. The molecule has 0 aliphatic heterocycles. The first-order chi connectivity index (χ1) is 15.2. The number of aryl methyl sites for hydroxylation is 1. The number of carbonyl (C=O) groups is 1. The Labute approximate surface area is 191 Å². The summed E-state index contributed by atoms with van der Waals surface area (Å²) in [6.45, 7) is 9.45. The van der Waals surface area contributed by atoms with Gasteiger partial charge in [-0.2, -0.15) is 10.1 Å². The number of allylic oxidation sites excluding steroid dienone is 1. The van der Waals surface area contributed by atoms with Gasteiger partial charge in [0.1, 0.15) is 11.2 Å². The van der Waals surface area contributed by atoms with E-state index in [0.717, 1.165) is 6.26 Å². The number of nitrogens with two attached hydrogens (primary N) is 1. The van der Waals surface area contributed by atoms with Crippen LogP contribution < -0.4 is 15.2 Å². The van der Waals surface area contributed by atoms with E-state index in [4.69, 9.17) is 10.5 Å². The lowest BCUT2D eigenvalue weighted by atomic mass is 10.1. The predicted octanol–water partition coefficient (Wildman–Crippen LogP) is 1.85. The summed E-state index contributed by atoms with van der Waals surface area (Å²) in [5.74, 6) is -1.00. The Morgan fingerprint density at radius 1 is 1.36 bits per heavy atom. The largest absolute Gasteiger partial charge is 0.480 e. The Kier molecular flexibility index (Phi) is 7.37. The van der Waals surface area contributed by atoms with Gasteiger partial charge in [0, 0.05) is 23.0 Å². The number of hydrogen-bond donors (Lipinski definition) is 2. The van der Waals surface area contributed by atoms with E-state index in [1.165, 1.54) is 37.9 Å². The molecule has 11 nitrogen and oxygen atoms in total. The summed E-state index contributed by atoms with van der Waals surface area (Å²) in [6.07, 6.45) is 2.25. The molecule has 2 aromatic rings. The van der Waals surface area contributed by atoms with Crippen LogP contribution in [0.1, 0.15) is 48.1 Å². The lowest BCUT2D eigenvalue weighted by Gasteiger charge is -2.14. The van der Waals surface area contributed by atoms with Gasteiger partial charge in [-0.3, -0.25) is 4.79 Å². The second-order valence-corrected chi connectivity index (χ2v) is 9.36. The van der Waals surface area contributed by atoms with Gasteiger partial charge in [0.05, 0.1) is 19.1 Å². The number of rotatable bonds is 7. The van der Waals surface area contributed by atoms with Gasteiger partial charge in [-0.05, 0) is 46.5 Å². The molecular weight excluding hydrogens is 453 g/mol. The molecule has 0 radical (unpaired) electrons. The molecular formula is C20H26FN7O4S. The molecule has 0 saturated carbocycles. The van der Waals surface area contributed by atoms with Crippen LogP contribution in [-0.2, 0) is 15.7 Å². The van der Waals surface area contributed by atoms with Gasteiger partial charge >= 0.3 is 0 Å². The number of aliphatic imine (C=N–C) groups is 2. The molecule has 3 N–H and O–H groups in total. The van der Waals surface area contributed by atoms with Crippen LogP contribution in [0.5, 0.6) is 5.88 Å². The summed E-state index contributed by atoms with van der Waals surface area (Å²) < 4.78 is 45.9. The van der Waals surface area contributed by atoms with Crippen molar-refractivity contribution >= 4 is 40.0 Å². The fourth-order valence-corrected chi connectivity index (χ4v) is 3.20. The zero-order valence-corrected chi connectivity index (χ0v) is 20.0. The van der Waals surface area contributed by atoms with Crippen molar-refractivity contribution in [2.75, 3.05) is 13.4 Å². The number of nitrogens with zero attached hydrogens (tertiary/aromatic N) is 5. The first-order valence-electron chi connectivity index (χ1n) is 9.52. The van der Waals surface area contributed by atoms with Crippen LogP contribution in [0.25, 0.3) is 11.4 Å². The van der Waals surface area contributed by atoms with E-state index >= 15 is 0 Å². The van der Waals surface area contributed by atoms with Crippen molar-refractivity contribution in [1.29, 1.82) is 0 Å². The minimum Gasteiger partial charge on any atom is -0.480 e. The SMILES string of the molecule is C=NC(N)=N/C(=C(\C)c1cnc(OC)c(C(=O)NS(C)(=O)=O)c1)n1nc(C(C)(C)F)cc1C. The number of guanidine groups is 1. The number of halogens is 1. The summed E-state index contributed by atoms with van der Waals surface area (Å²) in [4.78, 5) is 24.4. The second kappa shape index (κ2) is 9.48. The summed E-state index contributed by atoms with van der Waals surface area (Å²) in [5.41, 5.74) is 5.47. The predicted molar refractivity (Wildman–Crippen MR) is 124 cm³/mol. The monoisotopic (exact) mass is 479 g/mol. The molecule has 1 amide bonds. The minimum absolute atomic E-state index is 0.0817. The van der Waals surface area contributed by atoms with Crippen molar-refractivity contribution in [3.8, 4) is 5.88 Å². The van der Waals surface area contributed by atoms with Gasteiger partial charge in [-0.25, -0.2) is 32.2 Å². The average molecular weight is 480 g/mol. The molecule has 2 aromatic heterocycles. The Bertz CT molecular complexity index is 1260. The third-order valence-electron chi connectivity index (χ3n) is 4.42. The summed E-state index contributed by atoms with van der Waals surface area (Å²) in [5, 5.41) is 4.31. The molecule has 0 aliphatic rings. The van der Waals surface area contributed by atoms with Crippen LogP contribution in [0.4, 0.5) is 4.39 Å². The molecule has 0 aromatic carbocycles. The molecule has 0 unspecified atom stereocenters. The van der Waals surface area contributed by atoms with Crippen molar-refractivity contribution in [3.63, 3.8) is 0 Å². The first kappa shape index (κ1) is 25.6. The standard InChI is InChI=1S/C20H26FN7O4S/c1-11-8-15(20(3,4)21)26-28(11)16(25-19(22)23-5)12(2)13-9-14(18(32-6)24-10-13)17(29)27-33(7,30)31/h8-10H,5H2,1-4,6-7H3,(H2,22,25)(H,27,29)/b16-12-. The van der Waals surface area contributed by atoms with E-state index in [1.54, 1.807) is 19.9 Å². The maximum atomic E-state index is 14.5. The highest BCUT2D eigenvalue weighted by Crippen LogP contribution is 2.29. The van der Waals surface area contributed by atoms with E-state index in [1.807, 2.05) is 4.72 Å². The summed E-state index contributed by atoms with van der Waals surface area (Å²) >= 11 is 0. The number of pyridine rings is 1. The molecule has 0 saturated heterocycles.